The Bertz CT molecular complexity index is 976. The SMILES string of the molecule is C[C@@H](CC(=O)NCC#CC(=O)O)NC(=O)OCC1c2ccccc2-c2ccccc21. The maximum Gasteiger partial charge on any atom is 0.407 e. The van der Waals surface area contributed by atoms with Crippen molar-refractivity contribution in [3.63, 3.8) is 0 Å². The van der Waals surface area contributed by atoms with Gasteiger partial charge in [0.25, 0.3) is 0 Å². The molecular weight excluding hydrogens is 384 g/mol. The highest BCUT2D eigenvalue weighted by Gasteiger charge is 2.29. The number of carboxylic acids is 1. The van der Waals surface area contributed by atoms with Crippen molar-refractivity contribution in [3.8, 4) is 23.0 Å². The molecule has 0 bridgehead atoms. The number of alkyl carbamates (subject to hydrolysis) is 1. The van der Waals surface area contributed by atoms with Gasteiger partial charge in [-0.1, -0.05) is 54.5 Å². The molecule has 0 aromatic heterocycles. The third-order valence-electron chi connectivity index (χ3n) is 4.77. The van der Waals surface area contributed by atoms with Crippen LogP contribution in [0.15, 0.2) is 48.5 Å². The molecule has 154 valence electrons. The minimum atomic E-state index is -1.26. The number of ether oxygens (including phenoxy) is 1. The smallest absolute Gasteiger partial charge is 0.407 e. The van der Waals surface area contributed by atoms with E-state index < -0.39 is 18.1 Å². The van der Waals surface area contributed by atoms with Crippen molar-refractivity contribution in [3.05, 3.63) is 59.7 Å². The van der Waals surface area contributed by atoms with E-state index in [0.717, 1.165) is 22.3 Å². The molecule has 0 heterocycles. The van der Waals surface area contributed by atoms with Crippen LogP contribution in [0.2, 0.25) is 0 Å². The first-order chi connectivity index (χ1) is 14.5. The molecule has 30 heavy (non-hydrogen) atoms. The summed E-state index contributed by atoms with van der Waals surface area (Å²) in [5.41, 5.74) is 4.55. The molecule has 3 rings (SSSR count). The summed E-state index contributed by atoms with van der Waals surface area (Å²) in [6, 6.07) is 15.7. The number of carboxylic acid groups (broad SMARTS) is 1. The highest BCUT2D eigenvalue weighted by atomic mass is 16.5. The summed E-state index contributed by atoms with van der Waals surface area (Å²) >= 11 is 0. The predicted octanol–water partition coefficient (Wildman–Crippen LogP) is 2.51. The number of aliphatic carboxylic acids is 1. The van der Waals surface area contributed by atoms with Gasteiger partial charge in [0.1, 0.15) is 6.61 Å². The first-order valence-electron chi connectivity index (χ1n) is 9.55. The van der Waals surface area contributed by atoms with Crippen LogP contribution in [0, 0.1) is 11.8 Å². The molecule has 7 nitrogen and oxygen atoms in total. The number of fused-ring (bicyclic) bond motifs is 3. The van der Waals surface area contributed by atoms with Crippen molar-refractivity contribution in [1.82, 2.24) is 10.6 Å². The zero-order valence-electron chi connectivity index (χ0n) is 16.5. The van der Waals surface area contributed by atoms with Gasteiger partial charge in [0.05, 0.1) is 6.54 Å². The maximum absolute atomic E-state index is 12.2. The van der Waals surface area contributed by atoms with Crippen molar-refractivity contribution < 1.29 is 24.2 Å². The monoisotopic (exact) mass is 406 g/mol. The molecule has 0 unspecified atom stereocenters. The molecule has 1 atom stereocenters. The van der Waals surface area contributed by atoms with Crippen LogP contribution >= 0.6 is 0 Å². The molecule has 2 aromatic carbocycles. The van der Waals surface area contributed by atoms with Crippen LogP contribution in [0.1, 0.15) is 30.4 Å². The first-order valence-corrected chi connectivity index (χ1v) is 9.55. The minimum absolute atomic E-state index is 0.0267. The summed E-state index contributed by atoms with van der Waals surface area (Å²) < 4.78 is 5.45. The predicted molar refractivity (Wildman–Crippen MR) is 111 cm³/mol. The summed E-state index contributed by atoms with van der Waals surface area (Å²) in [5, 5.41) is 13.5. The number of carbonyl (C=O) groups is 3. The Balaban J connectivity index is 1.50. The van der Waals surface area contributed by atoms with Gasteiger partial charge in [-0.25, -0.2) is 9.59 Å². The van der Waals surface area contributed by atoms with Crippen LogP contribution in [-0.4, -0.2) is 42.3 Å². The van der Waals surface area contributed by atoms with Gasteiger partial charge < -0.3 is 20.5 Å². The van der Waals surface area contributed by atoms with E-state index in [2.05, 4.69) is 28.7 Å². The zero-order valence-corrected chi connectivity index (χ0v) is 16.5. The van der Waals surface area contributed by atoms with Gasteiger partial charge in [-0.15, -0.1) is 0 Å². The summed E-state index contributed by atoms with van der Waals surface area (Å²) in [5.74, 6) is 2.58. The third kappa shape index (κ3) is 5.17. The number of nitrogens with one attached hydrogen (secondary N) is 2. The number of benzene rings is 2. The normalized spacial score (nSPS) is 12.6. The van der Waals surface area contributed by atoms with E-state index >= 15 is 0 Å². The molecular formula is C23H22N2O5. The van der Waals surface area contributed by atoms with Gasteiger partial charge in [-0.3, -0.25) is 4.79 Å². The first kappa shape index (κ1) is 20.9. The van der Waals surface area contributed by atoms with Crippen molar-refractivity contribution in [1.29, 1.82) is 0 Å². The lowest BCUT2D eigenvalue weighted by Crippen LogP contribution is -2.38. The van der Waals surface area contributed by atoms with Gasteiger partial charge >= 0.3 is 12.1 Å². The van der Waals surface area contributed by atoms with Crippen LogP contribution in [0.4, 0.5) is 4.79 Å². The lowest BCUT2D eigenvalue weighted by atomic mass is 9.98. The van der Waals surface area contributed by atoms with E-state index in [1.807, 2.05) is 42.3 Å². The molecule has 1 aliphatic carbocycles. The lowest BCUT2D eigenvalue weighted by Gasteiger charge is -2.17. The van der Waals surface area contributed by atoms with Crippen molar-refractivity contribution in [2.75, 3.05) is 13.2 Å². The molecule has 0 radical (unpaired) electrons. The summed E-state index contributed by atoms with van der Waals surface area (Å²) in [6.45, 7) is 1.82. The fourth-order valence-corrected chi connectivity index (χ4v) is 3.51. The Morgan fingerprint density at radius 2 is 1.67 bits per heavy atom. The molecule has 0 spiro atoms. The molecule has 0 fully saturated rings. The second-order valence-corrected chi connectivity index (χ2v) is 6.96. The standard InChI is InChI=1S/C23H22N2O5/c1-15(13-21(26)24-12-6-11-22(27)28)25-23(29)30-14-20-18-9-4-2-7-16(18)17-8-3-5-10-19(17)20/h2-5,7-10,15,20H,12-14H2,1H3,(H,24,26)(H,25,29)(H,27,28)/t15-/m0/s1. The Morgan fingerprint density at radius 1 is 1.07 bits per heavy atom. The number of carbonyl (C=O) groups excluding carboxylic acids is 2. The number of rotatable bonds is 6. The lowest BCUT2D eigenvalue weighted by molar-refractivity contribution is -0.130. The van der Waals surface area contributed by atoms with E-state index in [0.29, 0.717) is 0 Å². The van der Waals surface area contributed by atoms with E-state index in [1.54, 1.807) is 6.92 Å². The molecule has 2 amide bonds. The van der Waals surface area contributed by atoms with E-state index in [4.69, 9.17) is 9.84 Å². The maximum atomic E-state index is 12.2. The second-order valence-electron chi connectivity index (χ2n) is 6.96. The van der Waals surface area contributed by atoms with E-state index in [-0.39, 0.29) is 31.4 Å². The van der Waals surface area contributed by atoms with Crippen molar-refractivity contribution in [2.45, 2.75) is 25.3 Å². The zero-order chi connectivity index (χ0) is 21.5. The van der Waals surface area contributed by atoms with Gasteiger partial charge in [-0.2, -0.15) is 0 Å². The van der Waals surface area contributed by atoms with Crippen molar-refractivity contribution in [2.24, 2.45) is 0 Å². The number of hydrogen-bond donors (Lipinski definition) is 3. The average molecular weight is 406 g/mol. The summed E-state index contributed by atoms with van der Waals surface area (Å²) in [7, 11) is 0. The molecule has 0 saturated heterocycles. The van der Waals surface area contributed by atoms with Gasteiger partial charge in [0.15, 0.2) is 0 Å². The quantitative estimate of drug-likeness (QED) is 0.640. The van der Waals surface area contributed by atoms with Crippen LogP contribution < -0.4 is 10.6 Å². The van der Waals surface area contributed by atoms with Gasteiger partial charge in [-0.05, 0) is 29.2 Å². The molecule has 7 heteroatoms. The van der Waals surface area contributed by atoms with Crippen LogP contribution in [0.25, 0.3) is 11.1 Å². The highest BCUT2D eigenvalue weighted by Crippen LogP contribution is 2.44. The van der Waals surface area contributed by atoms with Crippen LogP contribution in [0.3, 0.4) is 0 Å². The van der Waals surface area contributed by atoms with Crippen LogP contribution in [0.5, 0.6) is 0 Å². The summed E-state index contributed by atoms with van der Waals surface area (Å²) in [4.78, 5) is 34.3. The topological polar surface area (TPSA) is 105 Å². The Labute approximate surface area is 174 Å². The molecule has 0 aliphatic heterocycles. The number of amides is 2. The Kier molecular flexibility index (Phi) is 6.71. The molecule has 1 aliphatic rings. The van der Waals surface area contributed by atoms with E-state index in [1.165, 1.54) is 0 Å². The van der Waals surface area contributed by atoms with Gasteiger partial charge in [0.2, 0.25) is 5.91 Å². The van der Waals surface area contributed by atoms with E-state index in [9.17, 15) is 14.4 Å². The Hall–Kier alpha value is -3.79. The Morgan fingerprint density at radius 3 is 2.27 bits per heavy atom. The largest absolute Gasteiger partial charge is 0.472 e. The second kappa shape index (κ2) is 9.61. The average Bonchev–Trinajstić information content (AvgIpc) is 3.03. The third-order valence-corrected chi connectivity index (χ3v) is 4.77. The van der Waals surface area contributed by atoms with Gasteiger partial charge in [0, 0.05) is 24.3 Å². The molecule has 3 N–H and O–H groups in total. The fraction of sp³-hybridized carbons (Fsp3) is 0.261. The van der Waals surface area contributed by atoms with Crippen molar-refractivity contribution >= 4 is 18.0 Å². The molecule has 0 saturated carbocycles. The molecule has 2 aromatic rings. The highest BCUT2D eigenvalue weighted by molar-refractivity contribution is 5.86. The summed E-state index contributed by atoms with van der Waals surface area (Å²) in [6.07, 6.45) is -0.568. The fourth-order valence-electron chi connectivity index (χ4n) is 3.51. The minimum Gasteiger partial charge on any atom is -0.472 e. The number of hydrogen-bond acceptors (Lipinski definition) is 4. The van der Waals surface area contributed by atoms with Crippen LogP contribution in [-0.2, 0) is 14.3 Å².